The van der Waals surface area contributed by atoms with Crippen molar-refractivity contribution < 1.29 is 14.3 Å². The van der Waals surface area contributed by atoms with E-state index in [1.54, 1.807) is 4.90 Å². The lowest BCUT2D eigenvalue weighted by molar-refractivity contribution is -0.137. The van der Waals surface area contributed by atoms with Crippen molar-refractivity contribution in [3.8, 4) is 0 Å². The molecule has 1 aliphatic heterocycles. The molecule has 4 nitrogen and oxygen atoms in total. The number of likely N-dealkylation sites (tertiary alicyclic amines) is 1. The van der Waals surface area contributed by atoms with E-state index in [2.05, 4.69) is 0 Å². The lowest BCUT2D eigenvalue weighted by Gasteiger charge is -2.07. The molecule has 4 heteroatoms. The third kappa shape index (κ3) is 4.14. The van der Waals surface area contributed by atoms with Gasteiger partial charge >= 0.3 is 5.97 Å². The summed E-state index contributed by atoms with van der Waals surface area (Å²) in [7, 11) is 0. The zero-order chi connectivity index (χ0) is 11.1. The zero-order valence-electron chi connectivity index (χ0n) is 9.07. The average molecular weight is 211 g/mol. The Morgan fingerprint density at radius 3 is 3.00 bits per heavy atom. The quantitative estimate of drug-likeness (QED) is 0.393. The van der Waals surface area contributed by atoms with E-state index in [0.29, 0.717) is 19.6 Å². The van der Waals surface area contributed by atoms with E-state index in [1.807, 2.05) is 6.92 Å². The molecule has 0 spiro atoms. The topological polar surface area (TPSA) is 46.6 Å². The standard InChI is InChI=1S/C11H17NO3/c1-2-3-9-15-11(14)6-8-12-7-4-5-10(12)13/h6,8H,2-5,7,9H2,1H3/b8-6+. The number of carbonyl (C=O) groups excluding carboxylic acids is 2. The monoisotopic (exact) mass is 211 g/mol. The van der Waals surface area contributed by atoms with Crippen LogP contribution >= 0.6 is 0 Å². The molecule has 15 heavy (non-hydrogen) atoms. The lowest BCUT2D eigenvalue weighted by Crippen LogP contribution is -2.18. The van der Waals surface area contributed by atoms with Crippen molar-refractivity contribution in [2.45, 2.75) is 32.6 Å². The van der Waals surface area contributed by atoms with Gasteiger partial charge in [0.2, 0.25) is 5.91 Å². The molecule has 1 heterocycles. The smallest absolute Gasteiger partial charge is 0.332 e. The molecule has 0 unspecified atom stereocenters. The fraction of sp³-hybridized carbons (Fsp3) is 0.636. The maximum atomic E-state index is 11.2. The Hall–Kier alpha value is -1.32. The molecule has 0 atom stereocenters. The number of amides is 1. The number of carbonyl (C=O) groups is 2. The molecule has 0 aromatic rings. The summed E-state index contributed by atoms with van der Waals surface area (Å²) in [4.78, 5) is 23.9. The van der Waals surface area contributed by atoms with Crippen molar-refractivity contribution in [1.29, 1.82) is 0 Å². The molecule has 1 amide bonds. The van der Waals surface area contributed by atoms with Gasteiger partial charge < -0.3 is 9.64 Å². The maximum Gasteiger partial charge on any atom is 0.332 e. The second-order valence-electron chi connectivity index (χ2n) is 3.53. The summed E-state index contributed by atoms with van der Waals surface area (Å²) in [6, 6.07) is 0. The van der Waals surface area contributed by atoms with Gasteiger partial charge in [0.1, 0.15) is 0 Å². The highest BCUT2D eigenvalue weighted by atomic mass is 16.5. The minimum atomic E-state index is -0.372. The van der Waals surface area contributed by atoms with Crippen LogP contribution in [0, 0.1) is 0 Å². The van der Waals surface area contributed by atoms with Crippen LogP contribution in [-0.4, -0.2) is 29.9 Å². The summed E-state index contributed by atoms with van der Waals surface area (Å²) in [5.41, 5.74) is 0. The Bertz CT molecular complexity index is 261. The molecule has 84 valence electrons. The van der Waals surface area contributed by atoms with Crippen molar-refractivity contribution >= 4 is 11.9 Å². The highest BCUT2D eigenvalue weighted by molar-refractivity contribution is 5.84. The van der Waals surface area contributed by atoms with Crippen LogP contribution in [0.2, 0.25) is 0 Å². The molecule has 1 rings (SSSR count). The van der Waals surface area contributed by atoms with Gasteiger partial charge in [0.05, 0.1) is 6.61 Å². The first-order chi connectivity index (χ1) is 7.24. The summed E-state index contributed by atoms with van der Waals surface area (Å²) in [6.07, 6.45) is 6.16. The van der Waals surface area contributed by atoms with E-state index in [4.69, 9.17) is 4.74 Å². The molecule has 0 saturated carbocycles. The van der Waals surface area contributed by atoms with Gasteiger partial charge in [0.15, 0.2) is 0 Å². The number of unbranched alkanes of at least 4 members (excludes halogenated alkanes) is 1. The normalized spacial score (nSPS) is 16.3. The van der Waals surface area contributed by atoms with Gasteiger partial charge in [-0.25, -0.2) is 4.79 Å². The molecule has 0 aromatic carbocycles. The molecular formula is C11H17NO3. The predicted molar refractivity (Wildman–Crippen MR) is 56.0 cm³/mol. The molecule has 0 bridgehead atoms. The first kappa shape index (κ1) is 11.8. The molecule has 1 saturated heterocycles. The maximum absolute atomic E-state index is 11.2. The number of hydrogen-bond acceptors (Lipinski definition) is 3. The zero-order valence-corrected chi connectivity index (χ0v) is 9.07. The van der Waals surface area contributed by atoms with Crippen LogP contribution in [0.5, 0.6) is 0 Å². The average Bonchev–Trinajstić information content (AvgIpc) is 2.61. The SMILES string of the molecule is CCCCOC(=O)/C=C/N1CCCC1=O. The minimum Gasteiger partial charge on any atom is -0.462 e. The first-order valence-electron chi connectivity index (χ1n) is 5.38. The van der Waals surface area contributed by atoms with Gasteiger partial charge in [-0.3, -0.25) is 4.79 Å². The Kier molecular flexibility index (Phi) is 4.87. The summed E-state index contributed by atoms with van der Waals surface area (Å²) < 4.78 is 4.91. The highest BCUT2D eigenvalue weighted by Crippen LogP contribution is 2.09. The molecule has 0 aliphatic carbocycles. The van der Waals surface area contributed by atoms with E-state index in [9.17, 15) is 9.59 Å². The number of hydrogen-bond donors (Lipinski definition) is 0. The highest BCUT2D eigenvalue weighted by Gasteiger charge is 2.17. The van der Waals surface area contributed by atoms with Crippen LogP contribution in [0.3, 0.4) is 0 Å². The fourth-order valence-electron chi connectivity index (χ4n) is 1.34. The third-order valence-electron chi connectivity index (χ3n) is 2.24. The van der Waals surface area contributed by atoms with Crippen molar-refractivity contribution in [3.63, 3.8) is 0 Å². The van der Waals surface area contributed by atoms with Crippen LogP contribution in [-0.2, 0) is 14.3 Å². The molecular weight excluding hydrogens is 194 g/mol. The molecule has 0 radical (unpaired) electrons. The molecule has 1 aliphatic rings. The van der Waals surface area contributed by atoms with Gasteiger partial charge in [-0.1, -0.05) is 13.3 Å². The first-order valence-corrected chi connectivity index (χ1v) is 5.38. The van der Waals surface area contributed by atoms with Crippen molar-refractivity contribution in [2.75, 3.05) is 13.2 Å². The van der Waals surface area contributed by atoms with Crippen LogP contribution in [0.15, 0.2) is 12.3 Å². The summed E-state index contributed by atoms with van der Waals surface area (Å²) in [6.45, 7) is 3.19. The second kappa shape index (κ2) is 6.22. The van der Waals surface area contributed by atoms with Crippen LogP contribution in [0.4, 0.5) is 0 Å². The largest absolute Gasteiger partial charge is 0.462 e. The summed E-state index contributed by atoms with van der Waals surface area (Å²) >= 11 is 0. The lowest BCUT2D eigenvalue weighted by atomic mass is 10.4. The summed E-state index contributed by atoms with van der Waals surface area (Å²) in [5, 5.41) is 0. The number of ether oxygens (including phenoxy) is 1. The predicted octanol–water partition coefficient (Wildman–Crippen LogP) is 1.47. The summed E-state index contributed by atoms with van der Waals surface area (Å²) in [5.74, 6) is -0.296. The van der Waals surface area contributed by atoms with Crippen LogP contribution < -0.4 is 0 Å². The van der Waals surface area contributed by atoms with Gasteiger partial charge in [0, 0.05) is 25.2 Å². The van der Waals surface area contributed by atoms with Crippen LogP contribution in [0.25, 0.3) is 0 Å². The van der Waals surface area contributed by atoms with E-state index in [1.165, 1.54) is 12.3 Å². The van der Waals surface area contributed by atoms with E-state index in [0.717, 1.165) is 19.3 Å². The molecule has 0 aromatic heterocycles. The van der Waals surface area contributed by atoms with Gasteiger partial charge in [0.25, 0.3) is 0 Å². The minimum absolute atomic E-state index is 0.0765. The number of esters is 1. The van der Waals surface area contributed by atoms with Gasteiger partial charge in [-0.2, -0.15) is 0 Å². The van der Waals surface area contributed by atoms with Gasteiger partial charge in [-0.05, 0) is 12.8 Å². The Labute approximate surface area is 89.9 Å². The third-order valence-corrected chi connectivity index (χ3v) is 2.24. The van der Waals surface area contributed by atoms with Crippen LogP contribution in [0.1, 0.15) is 32.6 Å². The van der Waals surface area contributed by atoms with E-state index in [-0.39, 0.29) is 11.9 Å². The Balaban J connectivity index is 2.24. The van der Waals surface area contributed by atoms with Crippen molar-refractivity contribution in [3.05, 3.63) is 12.3 Å². The molecule has 0 N–H and O–H groups in total. The second-order valence-corrected chi connectivity index (χ2v) is 3.53. The fourth-order valence-corrected chi connectivity index (χ4v) is 1.34. The van der Waals surface area contributed by atoms with E-state index >= 15 is 0 Å². The number of rotatable bonds is 5. The van der Waals surface area contributed by atoms with Crippen molar-refractivity contribution in [1.82, 2.24) is 4.90 Å². The number of nitrogens with zero attached hydrogens (tertiary/aromatic N) is 1. The Morgan fingerprint density at radius 1 is 1.60 bits per heavy atom. The Morgan fingerprint density at radius 2 is 2.40 bits per heavy atom. The van der Waals surface area contributed by atoms with E-state index < -0.39 is 0 Å². The van der Waals surface area contributed by atoms with Gasteiger partial charge in [-0.15, -0.1) is 0 Å². The molecule has 1 fully saturated rings. The van der Waals surface area contributed by atoms with Crippen molar-refractivity contribution in [2.24, 2.45) is 0 Å².